The Morgan fingerprint density at radius 3 is 2.48 bits per heavy atom. The minimum atomic E-state index is -1.37. The normalized spacial score (nSPS) is 16.7. The number of carbonyl (C=O) groups is 4. The van der Waals surface area contributed by atoms with Gasteiger partial charge in [0.25, 0.3) is 5.91 Å². The summed E-state index contributed by atoms with van der Waals surface area (Å²) in [6, 6.07) is 11.9. The minimum Gasteiger partial charge on any atom is -0.495 e. The molecule has 0 radical (unpaired) electrons. The quantitative estimate of drug-likeness (QED) is 0.471. The fraction of sp³-hybridized carbons (Fsp3) is 0.150. The second-order valence-electron chi connectivity index (χ2n) is 5.90. The van der Waals surface area contributed by atoms with E-state index in [1.807, 2.05) is 0 Å². The van der Waals surface area contributed by atoms with Gasteiger partial charge in [0.1, 0.15) is 5.75 Å². The average Bonchev–Trinajstić information content (AvgIpc) is 2.73. The lowest BCUT2D eigenvalue weighted by Gasteiger charge is -2.29. The summed E-state index contributed by atoms with van der Waals surface area (Å²) in [6.07, 6.45) is 1.09. The van der Waals surface area contributed by atoms with E-state index >= 15 is 0 Å². The van der Waals surface area contributed by atoms with Gasteiger partial charge in [0, 0.05) is 6.21 Å². The second kappa shape index (κ2) is 8.34. The van der Waals surface area contributed by atoms with E-state index in [0.29, 0.717) is 0 Å². The van der Waals surface area contributed by atoms with Crippen LogP contribution >= 0.6 is 0 Å². The summed E-state index contributed by atoms with van der Waals surface area (Å²) in [7, 11) is 2.64. The molecule has 0 aliphatic carbocycles. The van der Waals surface area contributed by atoms with E-state index in [4.69, 9.17) is 9.47 Å². The largest absolute Gasteiger partial charge is 0.495 e. The zero-order valence-electron chi connectivity index (χ0n) is 15.6. The van der Waals surface area contributed by atoms with Crippen LogP contribution in [0.4, 0.5) is 16.2 Å². The van der Waals surface area contributed by atoms with Crippen LogP contribution in [0.3, 0.4) is 0 Å². The fourth-order valence-electron chi connectivity index (χ4n) is 2.79. The molecule has 1 saturated heterocycles. The Morgan fingerprint density at radius 2 is 1.76 bits per heavy atom. The van der Waals surface area contributed by atoms with Gasteiger partial charge < -0.3 is 9.47 Å². The molecule has 2 aromatic rings. The van der Waals surface area contributed by atoms with Gasteiger partial charge in [-0.25, -0.2) is 14.5 Å². The highest BCUT2D eigenvalue weighted by atomic mass is 16.5. The topological polar surface area (TPSA) is 114 Å². The van der Waals surface area contributed by atoms with Crippen molar-refractivity contribution >= 4 is 41.4 Å². The van der Waals surface area contributed by atoms with Crippen molar-refractivity contribution in [1.82, 2.24) is 5.32 Å². The molecule has 0 saturated carbocycles. The smallest absolute Gasteiger partial charge is 0.340 e. The number of methoxy groups -OCH3 is 2. The number of nitrogens with zero attached hydrogens (tertiary/aromatic N) is 2. The molecule has 1 fully saturated rings. The van der Waals surface area contributed by atoms with Gasteiger partial charge in [-0.05, 0) is 24.3 Å². The average molecular weight is 395 g/mol. The standard InChI is InChI=1S/C20H17N3O6/c1-28-16-10-6-5-9-15(16)23-18(25)13(17(24)22-20(23)27)11-21-14-8-4-3-7-12(14)19(26)29-2/h3-11,13H,1-2H3,(H,22,24,27)/t13-/m1/s1. The van der Waals surface area contributed by atoms with Crippen LogP contribution in [0.5, 0.6) is 5.75 Å². The van der Waals surface area contributed by atoms with Crippen LogP contribution in [0.15, 0.2) is 53.5 Å². The highest BCUT2D eigenvalue weighted by molar-refractivity contribution is 6.33. The van der Waals surface area contributed by atoms with E-state index in [9.17, 15) is 19.2 Å². The molecule has 0 bridgehead atoms. The number of barbiturate groups is 1. The zero-order chi connectivity index (χ0) is 21.0. The Morgan fingerprint density at radius 1 is 1.07 bits per heavy atom. The van der Waals surface area contributed by atoms with Crippen LogP contribution in [-0.4, -0.2) is 44.2 Å². The maximum absolute atomic E-state index is 12.9. The molecule has 4 amide bonds. The van der Waals surface area contributed by atoms with Crippen molar-refractivity contribution in [3.8, 4) is 5.75 Å². The summed E-state index contributed by atoms with van der Waals surface area (Å²) in [5, 5.41) is 2.13. The van der Waals surface area contributed by atoms with Crippen LogP contribution in [0.25, 0.3) is 0 Å². The van der Waals surface area contributed by atoms with Crippen LogP contribution in [0.2, 0.25) is 0 Å². The number of ether oxygens (including phenoxy) is 2. The van der Waals surface area contributed by atoms with Gasteiger partial charge in [-0.1, -0.05) is 24.3 Å². The third-order valence-electron chi connectivity index (χ3n) is 4.20. The summed E-state index contributed by atoms with van der Waals surface area (Å²) < 4.78 is 9.90. The monoisotopic (exact) mass is 395 g/mol. The van der Waals surface area contributed by atoms with E-state index in [-0.39, 0.29) is 22.7 Å². The lowest BCUT2D eigenvalue weighted by atomic mass is 10.1. The van der Waals surface area contributed by atoms with Gasteiger partial charge in [0.2, 0.25) is 5.91 Å². The SMILES string of the molecule is COC(=O)c1ccccc1N=C[C@@H]1C(=O)NC(=O)N(c2ccccc2OC)C1=O. The number of esters is 1. The van der Waals surface area contributed by atoms with E-state index in [0.717, 1.165) is 11.1 Å². The first-order chi connectivity index (χ1) is 14.0. The first kappa shape index (κ1) is 19.7. The Kier molecular flexibility index (Phi) is 5.68. The highest BCUT2D eigenvalue weighted by Crippen LogP contribution is 2.30. The summed E-state index contributed by atoms with van der Waals surface area (Å²) in [6.45, 7) is 0. The number of urea groups is 1. The lowest BCUT2D eigenvalue weighted by Crippen LogP contribution is -2.58. The van der Waals surface area contributed by atoms with Gasteiger partial charge in [-0.15, -0.1) is 0 Å². The van der Waals surface area contributed by atoms with Gasteiger partial charge in [-0.3, -0.25) is 19.9 Å². The lowest BCUT2D eigenvalue weighted by molar-refractivity contribution is -0.131. The fourth-order valence-corrected chi connectivity index (χ4v) is 2.79. The van der Waals surface area contributed by atoms with E-state index in [1.165, 1.54) is 32.4 Å². The summed E-state index contributed by atoms with van der Waals surface area (Å²) in [5.74, 6) is -3.30. The van der Waals surface area contributed by atoms with Crippen molar-refractivity contribution in [2.45, 2.75) is 0 Å². The number of rotatable bonds is 5. The van der Waals surface area contributed by atoms with Crippen molar-refractivity contribution in [2.24, 2.45) is 10.9 Å². The van der Waals surface area contributed by atoms with Crippen LogP contribution in [-0.2, 0) is 14.3 Å². The van der Waals surface area contributed by atoms with E-state index < -0.39 is 29.7 Å². The summed E-state index contributed by atoms with van der Waals surface area (Å²) in [4.78, 5) is 54.3. The molecule has 0 spiro atoms. The molecule has 0 unspecified atom stereocenters. The van der Waals surface area contributed by atoms with Crippen LogP contribution < -0.4 is 15.0 Å². The van der Waals surface area contributed by atoms with Gasteiger partial charge >= 0.3 is 12.0 Å². The molecule has 9 nitrogen and oxygen atoms in total. The minimum absolute atomic E-state index is 0.174. The van der Waals surface area contributed by atoms with Crippen molar-refractivity contribution in [3.63, 3.8) is 0 Å². The van der Waals surface area contributed by atoms with Gasteiger partial charge in [0.15, 0.2) is 5.92 Å². The first-order valence-electron chi connectivity index (χ1n) is 8.51. The number of para-hydroxylation sites is 3. The van der Waals surface area contributed by atoms with E-state index in [2.05, 4.69) is 10.3 Å². The molecule has 9 heteroatoms. The number of anilines is 1. The molecule has 148 valence electrons. The number of benzene rings is 2. The van der Waals surface area contributed by atoms with Gasteiger partial charge in [0.05, 0.1) is 31.2 Å². The third kappa shape index (κ3) is 3.84. The number of hydrogen-bond donors (Lipinski definition) is 1. The van der Waals surface area contributed by atoms with Crippen molar-refractivity contribution in [2.75, 3.05) is 19.1 Å². The predicted octanol–water partition coefficient (Wildman–Crippen LogP) is 2.08. The van der Waals surface area contributed by atoms with Crippen LogP contribution in [0, 0.1) is 5.92 Å². The maximum atomic E-state index is 12.9. The maximum Gasteiger partial charge on any atom is 0.340 e. The zero-order valence-corrected chi connectivity index (χ0v) is 15.6. The highest BCUT2D eigenvalue weighted by Gasteiger charge is 2.41. The van der Waals surface area contributed by atoms with Gasteiger partial charge in [-0.2, -0.15) is 0 Å². The van der Waals surface area contributed by atoms with Crippen LogP contribution in [0.1, 0.15) is 10.4 Å². The molecule has 0 aromatic heterocycles. The Hall–Kier alpha value is -4.01. The van der Waals surface area contributed by atoms with E-state index in [1.54, 1.807) is 30.3 Å². The summed E-state index contributed by atoms with van der Waals surface area (Å²) >= 11 is 0. The first-order valence-corrected chi connectivity index (χ1v) is 8.51. The second-order valence-corrected chi connectivity index (χ2v) is 5.90. The Balaban J connectivity index is 1.95. The van der Waals surface area contributed by atoms with Crippen molar-refractivity contribution < 1.29 is 28.7 Å². The molecule has 1 aliphatic rings. The van der Waals surface area contributed by atoms with Crippen molar-refractivity contribution in [3.05, 3.63) is 54.1 Å². The third-order valence-corrected chi connectivity index (χ3v) is 4.20. The Labute approximate surface area is 165 Å². The molecule has 1 atom stereocenters. The molecule has 3 rings (SSSR count). The summed E-state index contributed by atoms with van der Waals surface area (Å²) in [5.41, 5.74) is 0.589. The Bertz CT molecular complexity index is 1020. The molecule has 1 aliphatic heterocycles. The predicted molar refractivity (Wildman–Crippen MR) is 103 cm³/mol. The molecule has 1 heterocycles. The number of carbonyl (C=O) groups excluding carboxylic acids is 4. The number of aliphatic imine (C=N–C) groups is 1. The number of amides is 4. The number of imide groups is 2. The van der Waals surface area contributed by atoms with Crippen molar-refractivity contribution in [1.29, 1.82) is 0 Å². The molecule has 2 aromatic carbocycles. The molecule has 1 N–H and O–H groups in total. The molecular weight excluding hydrogens is 378 g/mol. The number of hydrogen-bond acceptors (Lipinski definition) is 7. The number of nitrogens with one attached hydrogen (secondary N) is 1. The molecular formula is C20H17N3O6. The molecule has 29 heavy (non-hydrogen) atoms.